The molecular formula is C14H22Cl2N2. The van der Waals surface area contributed by atoms with Gasteiger partial charge in [-0.15, -0.1) is 0 Å². The van der Waals surface area contributed by atoms with Crippen LogP contribution >= 0.6 is 23.2 Å². The number of anilines is 1. The summed E-state index contributed by atoms with van der Waals surface area (Å²) in [5, 5.41) is 0.955. The highest BCUT2D eigenvalue weighted by Crippen LogP contribution is 2.31. The molecule has 0 unspecified atom stereocenters. The van der Waals surface area contributed by atoms with Crippen LogP contribution in [0.2, 0.25) is 10.2 Å². The number of aromatic nitrogens is 1. The normalized spacial score (nSPS) is 11.0. The lowest BCUT2D eigenvalue weighted by Crippen LogP contribution is -2.26. The molecule has 1 aromatic rings. The Morgan fingerprint density at radius 2 is 2.00 bits per heavy atom. The summed E-state index contributed by atoms with van der Waals surface area (Å²) >= 11 is 12.2. The number of pyridine rings is 1. The molecule has 0 radical (unpaired) electrons. The van der Waals surface area contributed by atoms with Crippen molar-refractivity contribution in [3.05, 3.63) is 22.4 Å². The Kier molecular flexibility index (Phi) is 6.80. The summed E-state index contributed by atoms with van der Waals surface area (Å²) in [5.74, 6) is 0.741. The van der Waals surface area contributed by atoms with E-state index in [1.54, 1.807) is 6.20 Å². The van der Waals surface area contributed by atoms with Crippen LogP contribution in [0.5, 0.6) is 0 Å². The topological polar surface area (TPSA) is 16.1 Å². The Labute approximate surface area is 120 Å². The molecule has 0 aliphatic rings. The third kappa shape index (κ3) is 4.66. The summed E-state index contributed by atoms with van der Waals surface area (Å²) in [7, 11) is 0. The molecule has 0 saturated carbocycles. The Hall–Kier alpha value is -0.470. The van der Waals surface area contributed by atoms with Gasteiger partial charge in [-0.25, -0.2) is 4.98 Å². The van der Waals surface area contributed by atoms with Gasteiger partial charge in [0, 0.05) is 19.3 Å². The van der Waals surface area contributed by atoms with Crippen LogP contribution in [0.1, 0.15) is 40.0 Å². The second-order valence-corrected chi connectivity index (χ2v) is 5.69. The molecule has 0 atom stereocenters. The van der Waals surface area contributed by atoms with E-state index in [0.29, 0.717) is 10.2 Å². The minimum Gasteiger partial charge on any atom is -0.370 e. The average Bonchev–Trinajstić information content (AvgIpc) is 2.31. The number of hydrogen-bond donors (Lipinski definition) is 0. The van der Waals surface area contributed by atoms with Gasteiger partial charge in [-0.1, -0.05) is 44.0 Å². The maximum absolute atomic E-state index is 6.23. The van der Waals surface area contributed by atoms with Gasteiger partial charge in [-0.3, -0.25) is 0 Å². The summed E-state index contributed by atoms with van der Waals surface area (Å²) in [6.45, 7) is 8.69. The Balaban J connectivity index is 2.74. The minimum absolute atomic E-state index is 0.388. The van der Waals surface area contributed by atoms with Crippen molar-refractivity contribution in [3.63, 3.8) is 0 Å². The fourth-order valence-electron chi connectivity index (χ4n) is 1.97. The van der Waals surface area contributed by atoms with Crippen molar-refractivity contribution in [1.82, 2.24) is 4.98 Å². The molecule has 18 heavy (non-hydrogen) atoms. The van der Waals surface area contributed by atoms with E-state index in [2.05, 4.69) is 30.7 Å². The fourth-order valence-corrected chi connectivity index (χ4v) is 2.35. The second-order valence-electron chi connectivity index (χ2n) is 4.96. The monoisotopic (exact) mass is 288 g/mol. The first-order valence-electron chi connectivity index (χ1n) is 6.61. The first kappa shape index (κ1) is 15.6. The SMILES string of the molecule is CCCN(CCCC(C)C)c1ccnc(Cl)c1Cl. The fraction of sp³-hybridized carbons (Fsp3) is 0.643. The first-order valence-corrected chi connectivity index (χ1v) is 7.36. The molecular weight excluding hydrogens is 267 g/mol. The van der Waals surface area contributed by atoms with E-state index in [1.807, 2.05) is 6.07 Å². The zero-order valence-electron chi connectivity index (χ0n) is 11.4. The van der Waals surface area contributed by atoms with Gasteiger partial charge in [0.1, 0.15) is 10.2 Å². The molecule has 102 valence electrons. The van der Waals surface area contributed by atoms with Crippen LogP contribution in [0.3, 0.4) is 0 Å². The number of halogens is 2. The summed E-state index contributed by atoms with van der Waals surface area (Å²) in [6, 6.07) is 1.94. The van der Waals surface area contributed by atoms with Crippen LogP contribution in [0, 0.1) is 5.92 Å². The van der Waals surface area contributed by atoms with Crippen LogP contribution in [0.25, 0.3) is 0 Å². The molecule has 0 aliphatic carbocycles. The van der Waals surface area contributed by atoms with Crippen LogP contribution in [-0.4, -0.2) is 18.1 Å². The molecule has 1 aromatic heterocycles. The Morgan fingerprint density at radius 3 is 2.61 bits per heavy atom. The van der Waals surface area contributed by atoms with Crippen molar-refractivity contribution < 1.29 is 0 Å². The van der Waals surface area contributed by atoms with Crippen LogP contribution < -0.4 is 4.90 Å². The molecule has 1 rings (SSSR count). The number of nitrogens with zero attached hydrogens (tertiary/aromatic N) is 2. The number of hydrogen-bond acceptors (Lipinski definition) is 2. The summed E-state index contributed by atoms with van der Waals surface area (Å²) in [4.78, 5) is 6.30. The predicted molar refractivity (Wildman–Crippen MR) is 80.8 cm³/mol. The standard InChI is InChI=1S/C14H22Cl2N2/c1-4-9-18(10-5-6-11(2)3)12-7-8-17-14(16)13(12)15/h7-8,11H,4-6,9-10H2,1-3H3. The highest BCUT2D eigenvalue weighted by Gasteiger charge is 2.12. The zero-order chi connectivity index (χ0) is 13.5. The quantitative estimate of drug-likeness (QED) is 0.654. The second kappa shape index (κ2) is 7.85. The molecule has 4 heteroatoms. The summed E-state index contributed by atoms with van der Waals surface area (Å²) in [5.41, 5.74) is 1.00. The van der Waals surface area contributed by atoms with Gasteiger partial charge in [-0.2, -0.15) is 0 Å². The van der Waals surface area contributed by atoms with Gasteiger partial charge < -0.3 is 4.90 Å². The maximum atomic E-state index is 6.23. The van der Waals surface area contributed by atoms with E-state index in [4.69, 9.17) is 23.2 Å². The van der Waals surface area contributed by atoms with Crippen molar-refractivity contribution in [3.8, 4) is 0 Å². The van der Waals surface area contributed by atoms with Crippen LogP contribution in [-0.2, 0) is 0 Å². The molecule has 0 saturated heterocycles. The van der Waals surface area contributed by atoms with Crippen molar-refractivity contribution >= 4 is 28.9 Å². The van der Waals surface area contributed by atoms with Crippen LogP contribution in [0.15, 0.2) is 12.3 Å². The molecule has 0 aromatic carbocycles. The van der Waals surface area contributed by atoms with E-state index in [-0.39, 0.29) is 0 Å². The molecule has 1 heterocycles. The minimum atomic E-state index is 0.388. The molecule has 0 bridgehead atoms. The van der Waals surface area contributed by atoms with Gasteiger partial charge in [-0.05, 0) is 31.2 Å². The largest absolute Gasteiger partial charge is 0.370 e. The zero-order valence-corrected chi connectivity index (χ0v) is 12.9. The first-order chi connectivity index (χ1) is 8.56. The highest BCUT2D eigenvalue weighted by molar-refractivity contribution is 6.42. The van der Waals surface area contributed by atoms with E-state index < -0.39 is 0 Å². The van der Waals surface area contributed by atoms with Gasteiger partial charge >= 0.3 is 0 Å². The molecule has 0 spiro atoms. The Morgan fingerprint density at radius 1 is 1.28 bits per heavy atom. The summed E-state index contributed by atoms with van der Waals surface area (Å²) < 4.78 is 0. The third-order valence-corrected chi connectivity index (χ3v) is 3.63. The lowest BCUT2D eigenvalue weighted by atomic mass is 10.1. The predicted octanol–water partition coefficient (Wildman–Crippen LogP) is 5.04. The average molecular weight is 289 g/mol. The summed E-state index contributed by atoms with van der Waals surface area (Å²) in [6.07, 6.45) is 5.22. The third-order valence-electron chi connectivity index (χ3n) is 2.87. The molecule has 0 amide bonds. The van der Waals surface area contributed by atoms with Gasteiger partial charge in [0.05, 0.1) is 5.69 Å². The molecule has 0 aliphatic heterocycles. The number of rotatable bonds is 7. The smallest absolute Gasteiger partial charge is 0.149 e. The molecule has 0 fully saturated rings. The van der Waals surface area contributed by atoms with Crippen molar-refractivity contribution in [1.29, 1.82) is 0 Å². The van der Waals surface area contributed by atoms with Crippen LogP contribution in [0.4, 0.5) is 5.69 Å². The van der Waals surface area contributed by atoms with Gasteiger partial charge in [0.2, 0.25) is 0 Å². The van der Waals surface area contributed by atoms with E-state index in [9.17, 15) is 0 Å². The van der Waals surface area contributed by atoms with E-state index in [0.717, 1.165) is 31.1 Å². The maximum Gasteiger partial charge on any atom is 0.149 e. The molecule has 0 N–H and O–H groups in total. The van der Waals surface area contributed by atoms with Gasteiger partial charge in [0.25, 0.3) is 0 Å². The van der Waals surface area contributed by atoms with Gasteiger partial charge in [0.15, 0.2) is 0 Å². The van der Waals surface area contributed by atoms with Crippen molar-refractivity contribution in [2.75, 3.05) is 18.0 Å². The van der Waals surface area contributed by atoms with Crippen molar-refractivity contribution in [2.24, 2.45) is 5.92 Å². The van der Waals surface area contributed by atoms with Crippen molar-refractivity contribution in [2.45, 2.75) is 40.0 Å². The lowest BCUT2D eigenvalue weighted by molar-refractivity contribution is 0.548. The highest BCUT2D eigenvalue weighted by atomic mass is 35.5. The molecule has 2 nitrogen and oxygen atoms in total. The van der Waals surface area contributed by atoms with E-state index in [1.165, 1.54) is 12.8 Å². The lowest BCUT2D eigenvalue weighted by Gasteiger charge is -2.25. The Bertz CT molecular complexity index is 367. The van der Waals surface area contributed by atoms with E-state index >= 15 is 0 Å².